The first-order valence-corrected chi connectivity index (χ1v) is 7.79. The van der Waals surface area contributed by atoms with Gasteiger partial charge in [0.2, 0.25) is 5.95 Å². The van der Waals surface area contributed by atoms with Gasteiger partial charge in [0.15, 0.2) is 0 Å². The van der Waals surface area contributed by atoms with Crippen molar-refractivity contribution in [2.45, 2.75) is 19.0 Å². The molecule has 6 nitrogen and oxygen atoms in total. The molecule has 0 aliphatic carbocycles. The van der Waals surface area contributed by atoms with Gasteiger partial charge in [-0.3, -0.25) is 0 Å². The molecule has 0 bridgehead atoms. The van der Waals surface area contributed by atoms with E-state index in [4.69, 9.17) is 5.73 Å². The van der Waals surface area contributed by atoms with E-state index in [1.165, 1.54) is 12.1 Å². The molecule has 1 saturated heterocycles. The lowest BCUT2D eigenvalue weighted by atomic mass is 10.2. The van der Waals surface area contributed by atoms with Crippen LogP contribution in [0.2, 0.25) is 0 Å². The van der Waals surface area contributed by atoms with Crippen LogP contribution in [0.15, 0.2) is 24.3 Å². The highest BCUT2D eigenvalue weighted by molar-refractivity contribution is 5.53. The van der Waals surface area contributed by atoms with Crippen LogP contribution in [0.25, 0.3) is 0 Å². The van der Waals surface area contributed by atoms with Gasteiger partial charge in [0.25, 0.3) is 0 Å². The molecule has 0 amide bonds. The third kappa shape index (κ3) is 3.70. The molecule has 1 aromatic carbocycles. The summed E-state index contributed by atoms with van der Waals surface area (Å²) < 4.78 is 26.6. The third-order valence-electron chi connectivity index (χ3n) is 4.13. The zero-order valence-corrected chi connectivity index (χ0v) is 13.4. The van der Waals surface area contributed by atoms with Gasteiger partial charge in [-0.2, -0.15) is 9.97 Å². The molecule has 0 spiro atoms. The first-order chi connectivity index (χ1) is 11.5. The Kier molecular flexibility index (Phi) is 4.75. The zero-order chi connectivity index (χ0) is 17.1. The second-order valence-electron chi connectivity index (χ2n) is 5.78. The van der Waals surface area contributed by atoms with Crippen LogP contribution in [0.1, 0.15) is 12.0 Å². The normalized spacial score (nSPS) is 17.3. The molecule has 1 aliphatic rings. The average Bonchev–Trinajstić information content (AvgIpc) is 3.03. The number of halogens is 2. The van der Waals surface area contributed by atoms with Crippen molar-refractivity contribution in [2.24, 2.45) is 0 Å². The molecule has 1 atom stereocenters. The van der Waals surface area contributed by atoms with Gasteiger partial charge in [-0.1, -0.05) is 6.07 Å². The molecule has 1 aromatic heterocycles. The molecule has 8 heteroatoms. The van der Waals surface area contributed by atoms with Crippen LogP contribution in [0, 0.1) is 11.6 Å². The number of nitrogen functional groups attached to an aromatic ring is 1. The molecule has 0 unspecified atom stereocenters. The monoisotopic (exact) mass is 334 g/mol. The van der Waals surface area contributed by atoms with E-state index in [0.29, 0.717) is 17.4 Å². The summed E-state index contributed by atoms with van der Waals surface area (Å²) in [5.74, 6) is 0.207. The number of rotatable bonds is 5. The van der Waals surface area contributed by atoms with E-state index >= 15 is 0 Å². The van der Waals surface area contributed by atoms with Crippen LogP contribution in [0.3, 0.4) is 0 Å². The molecule has 2 heterocycles. The predicted octanol–water partition coefficient (Wildman–Crippen LogP) is 1.75. The van der Waals surface area contributed by atoms with E-state index in [9.17, 15) is 8.78 Å². The highest BCUT2D eigenvalue weighted by Gasteiger charge is 2.22. The summed E-state index contributed by atoms with van der Waals surface area (Å²) >= 11 is 0. The lowest BCUT2D eigenvalue weighted by Crippen LogP contribution is -2.30. The van der Waals surface area contributed by atoms with Crippen molar-refractivity contribution in [2.75, 3.05) is 36.1 Å². The summed E-state index contributed by atoms with van der Waals surface area (Å²) in [6.45, 7) is 1.91. The SMILES string of the molecule is CN[C@@H]1CCN(c2cc(NCc3ccc(F)cc3F)nc(N)n2)C1. The topological polar surface area (TPSA) is 79.1 Å². The molecule has 0 saturated carbocycles. The number of hydrogen-bond donors (Lipinski definition) is 3. The summed E-state index contributed by atoms with van der Waals surface area (Å²) in [5, 5.41) is 6.26. The Hall–Kier alpha value is -2.48. The fraction of sp³-hybridized carbons (Fsp3) is 0.375. The largest absolute Gasteiger partial charge is 0.368 e. The summed E-state index contributed by atoms with van der Waals surface area (Å²) in [7, 11) is 1.94. The minimum atomic E-state index is -0.599. The van der Waals surface area contributed by atoms with Crippen LogP contribution in [-0.4, -0.2) is 36.1 Å². The maximum Gasteiger partial charge on any atom is 0.223 e. The van der Waals surface area contributed by atoms with Crippen molar-refractivity contribution in [3.05, 3.63) is 41.5 Å². The first kappa shape index (κ1) is 16.4. The summed E-state index contributed by atoms with van der Waals surface area (Å²) in [6, 6.07) is 5.70. The smallest absolute Gasteiger partial charge is 0.223 e. The highest BCUT2D eigenvalue weighted by atomic mass is 19.1. The molecule has 3 rings (SSSR count). The molecule has 0 radical (unpaired) electrons. The quantitative estimate of drug-likeness (QED) is 0.773. The number of nitrogens with zero attached hydrogens (tertiary/aromatic N) is 3. The van der Waals surface area contributed by atoms with Gasteiger partial charge in [-0.15, -0.1) is 0 Å². The predicted molar refractivity (Wildman–Crippen MR) is 89.8 cm³/mol. The van der Waals surface area contributed by atoms with Crippen LogP contribution in [0.4, 0.5) is 26.4 Å². The van der Waals surface area contributed by atoms with Crippen LogP contribution in [0.5, 0.6) is 0 Å². The highest BCUT2D eigenvalue weighted by Crippen LogP contribution is 2.22. The molecule has 1 fully saturated rings. The van der Waals surface area contributed by atoms with Crippen molar-refractivity contribution < 1.29 is 8.78 Å². The maximum absolute atomic E-state index is 13.7. The maximum atomic E-state index is 13.7. The number of hydrogen-bond acceptors (Lipinski definition) is 6. The molecule has 24 heavy (non-hydrogen) atoms. The Balaban J connectivity index is 1.72. The van der Waals surface area contributed by atoms with Crippen LogP contribution >= 0.6 is 0 Å². The summed E-state index contributed by atoms with van der Waals surface area (Å²) in [5.41, 5.74) is 6.14. The number of aromatic nitrogens is 2. The lowest BCUT2D eigenvalue weighted by molar-refractivity contribution is 0.574. The van der Waals surface area contributed by atoms with Crippen molar-refractivity contribution in [3.63, 3.8) is 0 Å². The number of nitrogens with one attached hydrogen (secondary N) is 2. The standard InChI is InChI=1S/C16H20F2N6/c1-20-12-4-5-24(9-12)15-7-14(22-16(19)23-15)21-8-10-2-3-11(17)6-13(10)18/h2-3,6-7,12,20H,4-5,8-9H2,1H3,(H3,19,21,22,23)/t12-/m1/s1. The van der Waals surface area contributed by atoms with Gasteiger partial charge in [0, 0.05) is 43.4 Å². The molecular weight excluding hydrogens is 314 g/mol. The van der Waals surface area contributed by atoms with E-state index in [1.54, 1.807) is 6.07 Å². The van der Waals surface area contributed by atoms with Gasteiger partial charge >= 0.3 is 0 Å². The number of benzene rings is 1. The van der Waals surface area contributed by atoms with Gasteiger partial charge in [-0.05, 0) is 19.5 Å². The molecule has 4 N–H and O–H groups in total. The average molecular weight is 334 g/mol. The third-order valence-corrected chi connectivity index (χ3v) is 4.13. The van der Waals surface area contributed by atoms with E-state index in [1.807, 2.05) is 7.05 Å². The van der Waals surface area contributed by atoms with Crippen molar-refractivity contribution >= 4 is 17.6 Å². The Morgan fingerprint density at radius 3 is 2.83 bits per heavy atom. The fourth-order valence-corrected chi connectivity index (χ4v) is 2.76. The van der Waals surface area contributed by atoms with E-state index in [-0.39, 0.29) is 12.5 Å². The minimum absolute atomic E-state index is 0.155. The zero-order valence-electron chi connectivity index (χ0n) is 13.4. The number of nitrogens with two attached hydrogens (primary N) is 1. The number of anilines is 3. The summed E-state index contributed by atoms with van der Waals surface area (Å²) in [6.07, 6.45) is 1.03. The Morgan fingerprint density at radius 2 is 2.12 bits per heavy atom. The summed E-state index contributed by atoms with van der Waals surface area (Å²) in [4.78, 5) is 10.5. The molecule has 2 aromatic rings. The van der Waals surface area contributed by atoms with E-state index < -0.39 is 11.6 Å². The minimum Gasteiger partial charge on any atom is -0.368 e. The Morgan fingerprint density at radius 1 is 1.29 bits per heavy atom. The molecule has 1 aliphatic heterocycles. The second-order valence-corrected chi connectivity index (χ2v) is 5.78. The number of likely N-dealkylation sites (N-methyl/N-ethyl adjacent to an activating group) is 1. The molecule has 128 valence electrons. The molecular formula is C16H20F2N6. The van der Waals surface area contributed by atoms with E-state index in [0.717, 1.165) is 31.4 Å². The Labute approximate surface area is 139 Å². The second kappa shape index (κ2) is 6.96. The lowest BCUT2D eigenvalue weighted by Gasteiger charge is -2.18. The van der Waals surface area contributed by atoms with E-state index in [2.05, 4.69) is 25.5 Å². The van der Waals surface area contributed by atoms with Crippen molar-refractivity contribution in [1.82, 2.24) is 15.3 Å². The Bertz CT molecular complexity index is 724. The fourth-order valence-electron chi connectivity index (χ4n) is 2.76. The van der Waals surface area contributed by atoms with Crippen molar-refractivity contribution in [1.29, 1.82) is 0 Å². The first-order valence-electron chi connectivity index (χ1n) is 7.79. The van der Waals surface area contributed by atoms with Crippen LogP contribution < -0.4 is 21.3 Å². The van der Waals surface area contributed by atoms with Gasteiger partial charge in [-0.25, -0.2) is 8.78 Å². The van der Waals surface area contributed by atoms with Gasteiger partial charge < -0.3 is 21.3 Å². The van der Waals surface area contributed by atoms with Crippen molar-refractivity contribution in [3.8, 4) is 0 Å². The van der Waals surface area contributed by atoms with Crippen LogP contribution in [-0.2, 0) is 6.54 Å². The van der Waals surface area contributed by atoms with Gasteiger partial charge in [0.05, 0.1) is 0 Å². The van der Waals surface area contributed by atoms with Gasteiger partial charge in [0.1, 0.15) is 23.3 Å².